The average Bonchev–Trinajstić information content (AvgIpc) is 2.69. The van der Waals surface area contributed by atoms with Gasteiger partial charge in [-0.15, -0.1) is 0 Å². The van der Waals surface area contributed by atoms with E-state index >= 15 is 0 Å². The van der Waals surface area contributed by atoms with Crippen LogP contribution in [0.25, 0.3) is 0 Å². The molecule has 8 heteroatoms. The summed E-state index contributed by atoms with van der Waals surface area (Å²) in [5.41, 5.74) is 1.32. The lowest BCUT2D eigenvalue weighted by Crippen LogP contribution is -2.38. The molecule has 2 aromatic rings. The van der Waals surface area contributed by atoms with Crippen molar-refractivity contribution >= 4 is 23.2 Å². The molecule has 0 unspecified atom stereocenters. The van der Waals surface area contributed by atoms with Gasteiger partial charge in [0.15, 0.2) is 16.6 Å². The fourth-order valence-electron chi connectivity index (χ4n) is 2.42. The van der Waals surface area contributed by atoms with E-state index in [0.717, 1.165) is 5.56 Å². The standard InChI is InChI=1S/C20H25N3O4S/c1-4-25-16-10-15(11-17(26-5-2)18(16)27-6-3)19(24)23-20(28)22-13-14-8-7-9-21-12-14/h7-12H,4-6,13H2,1-3H3,(H2,22,23,24,28). The second-order valence-corrected chi connectivity index (χ2v) is 6.01. The first-order valence-electron chi connectivity index (χ1n) is 9.13. The highest BCUT2D eigenvalue weighted by atomic mass is 32.1. The van der Waals surface area contributed by atoms with Gasteiger partial charge in [-0.25, -0.2) is 0 Å². The van der Waals surface area contributed by atoms with Gasteiger partial charge in [0.2, 0.25) is 5.75 Å². The number of aromatic nitrogens is 1. The number of ether oxygens (including phenoxy) is 3. The minimum atomic E-state index is -0.367. The Balaban J connectivity index is 2.13. The second-order valence-electron chi connectivity index (χ2n) is 5.60. The maximum atomic E-state index is 12.6. The largest absolute Gasteiger partial charge is 0.490 e. The Hall–Kier alpha value is -2.87. The molecule has 1 amide bonds. The van der Waals surface area contributed by atoms with Gasteiger partial charge >= 0.3 is 0 Å². The number of rotatable bonds is 9. The Bertz CT molecular complexity index is 772. The van der Waals surface area contributed by atoms with E-state index in [2.05, 4.69) is 15.6 Å². The van der Waals surface area contributed by atoms with E-state index in [1.54, 1.807) is 24.5 Å². The monoisotopic (exact) mass is 403 g/mol. The summed E-state index contributed by atoms with van der Waals surface area (Å²) in [5.74, 6) is 1.03. The zero-order chi connectivity index (χ0) is 20.4. The molecule has 7 nitrogen and oxygen atoms in total. The molecule has 1 heterocycles. The number of hydrogen-bond acceptors (Lipinski definition) is 6. The van der Waals surface area contributed by atoms with Crippen molar-refractivity contribution in [3.8, 4) is 17.2 Å². The van der Waals surface area contributed by atoms with Crippen molar-refractivity contribution in [2.45, 2.75) is 27.3 Å². The zero-order valence-electron chi connectivity index (χ0n) is 16.3. The third-order valence-corrected chi connectivity index (χ3v) is 3.82. The molecule has 0 aliphatic rings. The first-order valence-corrected chi connectivity index (χ1v) is 9.54. The topological polar surface area (TPSA) is 81.7 Å². The van der Waals surface area contributed by atoms with Crippen molar-refractivity contribution in [2.75, 3.05) is 19.8 Å². The van der Waals surface area contributed by atoms with E-state index in [9.17, 15) is 4.79 Å². The van der Waals surface area contributed by atoms with Crippen molar-refractivity contribution in [3.63, 3.8) is 0 Å². The fourth-order valence-corrected chi connectivity index (χ4v) is 2.59. The smallest absolute Gasteiger partial charge is 0.257 e. The van der Waals surface area contributed by atoms with Crippen molar-refractivity contribution < 1.29 is 19.0 Å². The maximum absolute atomic E-state index is 12.6. The fraction of sp³-hybridized carbons (Fsp3) is 0.350. The summed E-state index contributed by atoms with van der Waals surface area (Å²) in [6, 6.07) is 6.99. The normalized spacial score (nSPS) is 10.1. The Morgan fingerprint density at radius 1 is 1.07 bits per heavy atom. The molecule has 0 radical (unpaired) electrons. The highest BCUT2D eigenvalue weighted by molar-refractivity contribution is 7.80. The van der Waals surface area contributed by atoms with Crippen LogP contribution >= 0.6 is 12.2 Å². The quantitative estimate of drug-likeness (QED) is 0.623. The lowest BCUT2D eigenvalue weighted by atomic mass is 10.1. The van der Waals surface area contributed by atoms with Crippen LogP contribution in [0.4, 0.5) is 0 Å². The minimum absolute atomic E-state index is 0.221. The van der Waals surface area contributed by atoms with E-state index in [0.29, 0.717) is 49.2 Å². The number of hydrogen-bond donors (Lipinski definition) is 2. The van der Waals surface area contributed by atoms with Crippen molar-refractivity contribution in [1.29, 1.82) is 0 Å². The first kappa shape index (κ1) is 21.4. The molecule has 0 aliphatic carbocycles. The molecule has 150 valence electrons. The lowest BCUT2D eigenvalue weighted by Gasteiger charge is -2.17. The molecule has 0 aliphatic heterocycles. The summed E-state index contributed by atoms with van der Waals surface area (Å²) < 4.78 is 16.9. The molecule has 1 aromatic heterocycles. The summed E-state index contributed by atoms with van der Waals surface area (Å²) in [4.78, 5) is 16.7. The van der Waals surface area contributed by atoms with Crippen LogP contribution in [-0.4, -0.2) is 35.8 Å². The molecule has 0 bridgehead atoms. The van der Waals surface area contributed by atoms with Crippen LogP contribution in [0.1, 0.15) is 36.7 Å². The van der Waals surface area contributed by atoms with Crippen LogP contribution in [0, 0.1) is 0 Å². The molecule has 0 saturated carbocycles. The van der Waals surface area contributed by atoms with Crippen LogP contribution in [0.15, 0.2) is 36.7 Å². The van der Waals surface area contributed by atoms with Gasteiger partial charge in [-0.3, -0.25) is 15.1 Å². The molecular weight excluding hydrogens is 378 g/mol. The number of thiocarbonyl (C=S) groups is 1. The van der Waals surface area contributed by atoms with Crippen LogP contribution < -0.4 is 24.8 Å². The van der Waals surface area contributed by atoms with E-state index in [1.165, 1.54) is 0 Å². The van der Waals surface area contributed by atoms with E-state index in [-0.39, 0.29) is 11.0 Å². The molecule has 2 rings (SSSR count). The zero-order valence-corrected chi connectivity index (χ0v) is 17.1. The third kappa shape index (κ3) is 6.09. The number of pyridine rings is 1. The van der Waals surface area contributed by atoms with Gasteiger partial charge in [0.1, 0.15) is 0 Å². The van der Waals surface area contributed by atoms with Gasteiger partial charge in [-0.2, -0.15) is 0 Å². The van der Waals surface area contributed by atoms with Crippen LogP contribution in [-0.2, 0) is 6.54 Å². The molecule has 1 aromatic carbocycles. The number of amides is 1. The van der Waals surface area contributed by atoms with Crippen LogP contribution in [0.3, 0.4) is 0 Å². The van der Waals surface area contributed by atoms with Gasteiger partial charge in [0.05, 0.1) is 19.8 Å². The summed E-state index contributed by atoms with van der Waals surface area (Å²) in [5, 5.41) is 5.87. The average molecular weight is 404 g/mol. The molecule has 0 atom stereocenters. The Kier molecular flexibility index (Phi) is 8.48. The van der Waals surface area contributed by atoms with E-state index in [1.807, 2.05) is 32.9 Å². The van der Waals surface area contributed by atoms with Crippen LogP contribution in [0.5, 0.6) is 17.2 Å². The highest BCUT2D eigenvalue weighted by Gasteiger charge is 2.19. The maximum Gasteiger partial charge on any atom is 0.257 e. The third-order valence-electron chi connectivity index (χ3n) is 3.57. The van der Waals surface area contributed by atoms with Gasteiger partial charge in [-0.1, -0.05) is 6.07 Å². The summed E-state index contributed by atoms with van der Waals surface area (Å²) >= 11 is 5.21. The SMILES string of the molecule is CCOc1cc(C(=O)NC(=S)NCc2cccnc2)cc(OCC)c1OCC. The van der Waals surface area contributed by atoms with Crippen LogP contribution in [0.2, 0.25) is 0 Å². The first-order chi connectivity index (χ1) is 13.6. The Morgan fingerprint density at radius 2 is 1.71 bits per heavy atom. The summed E-state index contributed by atoms with van der Waals surface area (Å²) in [6.07, 6.45) is 3.42. The molecule has 0 fully saturated rings. The summed E-state index contributed by atoms with van der Waals surface area (Å²) in [6.45, 7) is 7.38. The van der Waals surface area contributed by atoms with Crippen molar-refractivity contribution in [3.05, 3.63) is 47.8 Å². The molecule has 2 N–H and O–H groups in total. The predicted octanol–water partition coefficient (Wildman–Crippen LogP) is 3.08. The lowest BCUT2D eigenvalue weighted by molar-refractivity contribution is 0.0975. The van der Waals surface area contributed by atoms with Crippen molar-refractivity contribution in [2.24, 2.45) is 0 Å². The Labute approximate surface area is 170 Å². The number of carbonyl (C=O) groups is 1. The predicted molar refractivity (Wildman–Crippen MR) is 111 cm³/mol. The molecular formula is C20H25N3O4S. The minimum Gasteiger partial charge on any atom is -0.490 e. The van der Waals surface area contributed by atoms with Gasteiger partial charge < -0.3 is 19.5 Å². The molecule has 28 heavy (non-hydrogen) atoms. The second kappa shape index (κ2) is 11.1. The van der Waals surface area contributed by atoms with Gasteiger partial charge in [0.25, 0.3) is 5.91 Å². The summed E-state index contributed by atoms with van der Waals surface area (Å²) in [7, 11) is 0. The number of nitrogens with one attached hydrogen (secondary N) is 2. The van der Waals surface area contributed by atoms with Gasteiger partial charge in [-0.05, 0) is 56.8 Å². The Morgan fingerprint density at radius 3 is 2.25 bits per heavy atom. The van der Waals surface area contributed by atoms with E-state index in [4.69, 9.17) is 26.4 Å². The van der Waals surface area contributed by atoms with Gasteiger partial charge in [0, 0.05) is 24.5 Å². The molecule has 0 spiro atoms. The van der Waals surface area contributed by atoms with E-state index < -0.39 is 0 Å². The molecule has 0 saturated heterocycles. The van der Waals surface area contributed by atoms with Crippen molar-refractivity contribution in [1.82, 2.24) is 15.6 Å². The highest BCUT2D eigenvalue weighted by Crippen LogP contribution is 2.39. The number of benzene rings is 1. The number of carbonyl (C=O) groups excluding carboxylic acids is 1. The number of nitrogens with zero attached hydrogens (tertiary/aromatic N) is 1.